The van der Waals surface area contributed by atoms with Crippen molar-refractivity contribution in [3.63, 3.8) is 0 Å². The molecule has 2 atom stereocenters. The van der Waals surface area contributed by atoms with E-state index in [4.69, 9.17) is 4.74 Å². The number of aromatic carboxylic acids is 1. The Morgan fingerprint density at radius 1 is 1.26 bits per heavy atom. The Bertz CT molecular complexity index is 1220. The molecule has 2 aromatic carbocycles. The molecule has 182 valence electrons. The Hall–Kier alpha value is -2.91. The largest absolute Gasteiger partial charge is 0.492 e. The summed E-state index contributed by atoms with van der Waals surface area (Å²) in [7, 11) is -4.21. The number of carbonyl (C=O) groups is 1. The summed E-state index contributed by atoms with van der Waals surface area (Å²) in [6, 6.07) is 6.61. The van der Waals surface area contributed by atoms with E-state index in [1.807, 2.05) is 6.08 Å². The van der Waals surface area contributed by atoms with Crippen molar-refractivity contribution >= 4 is 27.8 Å². The van der Waals surface area contributed by atoms with Gasteiger partial charge in [0, 0.05) is 12.5 Å². The maximum Gasteiger partial charge on any atom is 0.341 e. The average Bonchev–Trinajstić information content (AvgIpc) is 3.58. The number of halogens is 1. The van der Waals surface area contributed by atoms with Gasteiger partial charge in [0.25, 0.3) is 10.0 Å². The van der Waals surface area contributed by atoms with Crippen LogP contribution in [-0.2, 0) is 10.0 Å². The third-order valence-corrected chi connectivity index (χ3v) is 7.91. The summed E-state index contributed by atoms with van der Waals surface area (Å²) in [4.78, 5) is 14.1. The molecule has 1 fully saturated rings. The second-order valence-corrected chi connectivity index (χ2v) is 10.3. The van der Waals surface area contributed by atoms with Crippen molar-refractivity contribution in [1.29, 1.82) is 0 Å². The van der Waals surface area contributed by atoms with E-state index in [1.165, 1.54) is 12.1 Å². The zero-order chi connectivity index (χ0) is 24.5. The molecule has 2 unspecified atom stereocenters. The van der Waals surface area contributed by atoms with E-state index in [-0.39, 0.29) is 33.4 Å². The number of rotatable bonds is 10. The minimum Gasteiger partial charge on any atom is -0.492 e. The SMILES string of the molecule is CCN(CC)CC/C=C\c1cc(F)ccc1S(=O)(=O)Nc1ccc2c(c1C(=O)O)OCC1CC21. The number of nitrogens with one attached hydrogen (secondary N) is 1. The van der Waals surface area contributed by atoms with Gasteiger partial charge < -0.3 is 14.7 Å². The van der Waals surface area contributed by atoms with Gasteiger partial charge in [0.15, 0.2) is 0 Å². The maximum atomic E-state index is 14.0. The highest BCUT2D eigenvalue weighted by Crippen LogP contribution is 2.55. The van der Waals surface area contributed by atoms with Crippen LogP contribution in [0, 0.1) is 11.7 Å². The first kappa shape index (κ1) is 24.2. The number of ether oxygens (including phenoxy) is 1. The van der Waals surface area contributed by atoms with Crippen LogP contribution in [0.4, 0.5) is 10.1 Å². The van der Waals surface area contributed by atoms with Crippen LogP contribution >= 0.6 is 0 Å². The van der Waals surface area contributed by atoms with Gasteiger partial charge in [0.05, 0.1) is 17.2 Å². The summed E-state index contributed by atoms with van der Waals surface area (Å²) in [6.45, 7) is 7.18. The molecule has 0 bridgehead atoms. The van der Waals surface area contributed by atoms with Crippen molar-refractivity contribution in [2.45, 2.75) is 37.5 Å². The number of anilines is 1. The molecule has 7 nitrogen and oxygen atoms in total. The van der Waals surface area contributed by atoms with E-state index in [0.29, 0.717) is 18.9 Å². The van der Waals surface area contributed by atoms with Gasteiger partial charge in [-0.15, -0.1) is 0 Å². The van der Waals surface area contributed by atoms with Gasteiger partial charge >= 0.3 is 5.97 Å². The lowest BCUT2D eigenvalue weighted by Gasteiger charge is -2.21. The van der Waals surface area contributed by atoms with E-state index in [0.717, 1.165) is 43.8 Å². The quantitative estimate of drug-likeness (QED) is 0.509. The van der Waals surface area contributed by atoms with Crippen molar-refractivity contribution in [3.8, 4) is 5.75 Å². The lowest BCUT2D eigenvalue weighted by Crippen LogP contribution is -2.23. The Labute approximate surface area is 199 Å². The van der Waals surface area contributed by atoms with Crippen molar-refractivity contribution in [2.75, 3.05) is 31.0 Å². The molecular formula is C25H29FN2O5S. The number of hydrogen-bond acceptors (Lipinski definition) is 5. The van der Waals surface area contributed by atoms with Crippen LogP contribution in [0.25, 0.3) is 6.08 Å². The molecule has 1 saturated carbocycles. The summed E-state index contributed by atoms with van der Waals surface area (Å²) in [5.74, 6) is -0.953. The number of hydrogen-bond donors (Lipinski definition) is 2. The van der Waals surface area contributed by atoms with E-state index in [1.54, 1.807) is 12.1 Å². The van der Waals surface area contributed by atoms with Crippen LogP contribution in [0.1, 0.15) is 54.1 Å². The van der Waals surface area contributed by atoms with E-state index < -0.39 is 21.8 Å². The molecule has 2 N–H and O–H groups in total. The van der Waals surface area contributed by atoms with Crippen molar-refractivity contribution in [3.05, 3.63) is 58.9 Å². The third-order valence-electron chi connectivity index (χ3n) is 6.48. The second-order valence-electron chi connectivity index (χ2n) is 8.63. The number of carboxylic acid groups (broad SMARTS) is 1. The third kappa shape index (κ3) is 4.95. The molecule has 2 aromatic rings. The van der Waals surface area contributed by atoms with Crippen molar-refractivity contribution in [2.24, 2.45) is 5.92 Å². The summed E-state index contributed by atoms with van der Waals surface area (Å²) in [5, 5.41) is 9.83. The minimum absolute atomic E-state index is 0.0777. The van der Waals surface area contributed by atoms with Gasteiger partial charge in [-0.3, -0.25) is 4.72 Å². The van der Waals surface area contributed by atoms with Crippen LogP contribution in [-0.4, -0.2) is 50.6 Å². The van der Waals surface area contributed by atoms with Crippen molar-refractivity contribution in [1.82, 2.24) is 4.90 Å². The molecule has 4 rings (SSSR count). The van der Waals surface area contributed by atoms with Gasteiger partial charge in [-0.25, -0.2) is 17.6 Å². The highest BCUT2D eigenvalue weighted by atomic mass is 32.2. The topological polar surface area (TPSA) is 95.9 Å². The first-order chi connectivity index (χ1) is 16.2. The van der Waals surface area contributed by atoms with E-state index >= 15 is 0 Å². The molecule has 0 spiro atoms. The van der Waals surface area contributed by atoms with Gasteiger partial charge in [0.2, 0.25) is 0 Å². The van der Waals surface area contributed by atoms with Crippen LogP contribution in [0.3, 0.4) is 0 Å². The summed E-state index contributed by atoms with van der Waals surface area (Å²) >= 11 is 0. The van der Waals surface area contributed by atoms with E-state index in [9.17, 15) is 22.7 Å². The molecule has 1 aliphatic carbocycles. The molecule has 0 aromatic heterocycles. The molecule has 0 radical (unpaired) electrons. The first-order valence-corrected chi connectivity index (χ1v) is 13.0. The van der Waals surface area contributed by atoms with Crippen LogP contribution < -0.4 is 9.46 Å². The van der Waals surface area contributed by atoms with Crippen LogP contribution in [0.5, 0.6) is 5.75 Å². The molecule has 34 heavy (non-hydrogen) atoms. The first-order valence-electron chi connectivity index (χ1n) is 11.5. The number of carboxylic acids is 1. The molecule has 1 aliphatic heterocycles. The monoisotopic (exact) mass is 488 g/mol. The average molecular weight is 489 g/mol. The highest BCUT2D eigenvalue weighted by molar-refractivity contribution is 7.92. The standard InChI is InChI=1S/C25H29FN2O5S/c1-3-28(4-2)12-6-5-7-16-13-18(26)8-11-22(16)34(31,32)27-21-10-9-19-20-14-17(20)15-33-24(19)23(21)25(29)30/h5,7-11,13,17,20,27H,3-4,6,12,14-15H2,1-2H3,(H,29,30)/b7-5-. The summed E-state index contributed by atoms with van der Waals surface area (Å²) in [6.07, 6.45) is 5.02. The minimum atomic E-state index is -4.21. The Balaban J connectivity index is 1.63. The Morgan fingerprint density at radius 2 is 2.03 bits per heavy atom. The van der Waals surface area contributed by atoms with Crippen LogP contribution in [0.15, 0.2) is 41.3 Å². The fraction of sp³-hybridized carbons (Fsp3) is 0.400. The zero-order valence-electron chi connectivity index (χ0n) is 19.3. The van der Waals surface area contributed by atoms with Crippen LogP contribution in [0.2, 0.25) is 0 Å². The molecule has 9 heteroatoms. The van der Waals surface area contributed by atoms with Gasteiger partial charge in [-0.1, -0.05) is 32.1 Å². The highest BCUT2D eigenvalue weighted by Gasteiger charge is 2.45. The smallest absolute Gasteiger partial charge is 0.341 e. The number of nitrogens with zero attached hydrogens (tertiary/aromatic N) is 1. The summed E-state index contributed by atoms with van der Waals surface area (Å²) in [5.41, 5.74) is 0.713. The van der Waals surface area contributed by atoms with Gasteiger partial charge in [-0.05, 0) is 67.2 Å². The predicted molar refractivity (Wildman–Crippen MR) is 128 cm³/mol. The van der Waals surface area contributed by atoms with Gasteiger partial charge in [-0.2, -0.15) is 0 Å². The van der Waals surface area contributed by atoms with Crippen molar-refractivity contribution < 1.29 is 27.4 Å². The molecule has 1 heterocycles. The van der Waals surface area contributed by atoms with Gasteiger partial charge in [0.1, 0.15) is 17.1 Å². The normalized spacial score (nSPS) is 18.9. The lowest BCUT2D eigenvalue weighted by atomic mass is 10.0. The number of benzene rings is 2. The predicted octanol–water partition coefficient (Wildman–Crippen LogP) is 4.57. The summed E-state index contributed by atoms with van der Waals surface area (Å²) < 4.78 is 48.6. The Morgan fingerprint density at radius 3 is 2.74 bits per heavy atom. The second kappa shape index (κ2) is 9.76. The molecule has 0 amide bonds. The number of sulfonamides is 1. The fourth-order valence-electron chi connectivity index (χ4n) is 4.45. The van der Waals surface area contributed by atoms with E-state index in [2.05, 4.69) is 23.5 Å². The maximum absolute atomic E-state index is 14.0. The lowest BCUT2D eigenvalue weighted by molar-refractivity contribution is 0.0692. The zero-order valence-corrected chi connectivity index (χ0v) is 20.1. The number of fused-ring (bicyclic) bond motifs is 3. The molecule has 2 aliphatic rings. The molecule has 0 saturated heterocycles. The Kier molecular flexibility index (Phi) is 6.95. The fourth-order valence-corrected chi connectivity index (χ4v) is 5.70. The molecular weight excluding hydrogens is 459 g/mol.